The summed E-state index contributed by atoms with van der Waals surface area (Å²) in [7, 11) is 1.59. The molecule has 3 N–H and O–H groups in total. The van der Waals surface area contributed by atoms with Crippen LogP contribution < -0.4 is 5.32 Å². The predicted octanol–water partition coefficient (Wildman–Crippen LogP) is 0.645. The topological polar surface area (TPSA) is 113 Å². The Balaban J connectivity index is 2.12. The van der Waals surface area contributed by atoms with Crippen molar-refractivity contribution in [2.45, 2.75) is 18.9 Å². The highest BCUT2D eigenvalue weighted by Gasteiger charge is 2.19. The SMILES string of the molecule is COCCCC(Nc1ncnc2nc[nH]c12)C(=O)O. The van der Waals surface area contributed by atoms with E-state index in [1.54, 1.807) is 7.11 Å². The molecule has 0 aliphatic heterocycles. The van der Waals surface area contributed by atoms with E-state index in [0.29, 0.717) is 36.4 Å². The van der Waals surface area contributed by atoms with Gasteiger partial charge in [0.25, 0.3) is 0 Å². The molecule has 0 aliphatic rings. The number of hydrogen-bond donors (Lipinski definition) is 3. The van der Waals surface area contributed by atoms with Crippen LogP contribution in [-0.4, -0.2) is 50.8 Å². The molecule has 0 radical (unpaired) electrons. The normalized spacial score (nSPS) is 12.5. The van der Waals surface area contributed by atoms with E-state index in [0.717, 1.165) is 0 Å². The first kappa shape index (κ1) is 13.2. The minimum absolute atomic E-state index is 0.437. The second-order valence-corrected chi connectivity index (χ2v) is 3.99. The molecular weight excluding hydrogens is 250 g/mol. The third kappa shape index (κ3) is 3.16. The number of ether oxygens (including phenoxy) is 1. The fraction of sp³-hybridized carbons (Fsp3) is 0.455. The fourth-order valence-electron chi connectivity index (χ4n) is 1.73. The molecule has 0 amide bonds. The molecule has 0 aromatic carbocycles. The van der Waals surface area contributed by atoms with Crippen molar-refractivity contribution in [3.05, 3.63) is 12.7 Å². The molecule has 8 nitrogen and oxygen atoms in total. The Hall–Kier alpha value is -2.22. The summed E-state index contributed by atoms with van der Waals surface area (Å²) in [4.78, 5) is 26.1. The van der Waals surface area contributed by atoms with E-state index in [-0.39, 0.29) is 0 Å². The van der Waals surface area contributed by atoms with Gasteiger partial charge in [-0.15, -0.1) is 0 Å². The lowest BCUT2D eigenvalue weighted by atomic mass is 10.1. The van der Waals surface area contributed by atoms with Crippen molar-refractivity contribution in [1.29, 1.82) is 0 Å². The van der Waals surface area contributed by atoms with Crippen LogP contribution >= 0.6 is 0 Å². The van der Waals surface area contributed by atoms with E-state index in [1.165, 1.54) is 12.7 Å². The van der Waals surface area contributed by atoms with Crippen LogP contribution in [0.2, 0.25) is 0 Å². The fourth-order valence-corrected chi connectivity index (χ4v) is 1.73. The second kappa shape index (κ2) is 6.10. The number of nitrogens with zero attached hydrogens (tertiary/aromatic N) is 3. The summed E-state index contributed by atoms with van der Waals surface area (Å²) in [6.07, 6.45) is 3.94. The van der Waals surface area contributed by atoms with Crippen molar-refractivity contribution in [3.8, 4) is 0 Å². The second-order valence-electron chi connectivity index (χ2n) is 3.99. The average molecular weight is 265 g/mol. The van der Waals surface area contributed by atoms with Gasteiger partial charge in [-0.3, -0.25) is 0 Å². The summed E-state index contributed by atoms with van der Waals surface area (Å²) in [5, 5.41) is 12.1. The van der Waals surface area contributed by atoms with Gasteiger partial charge in [0, 0.05) is 13.7 Å². The maximum atomic E-state index is 11.2. The summed E-state index contributed by atoms with van der Waals surface area (Å²) in [5.74, 6) is -0.491. The smallest absolute Gasteiger partial charge is 0.326 e. The molecule has 0 saturated carbocycles. The Kier molecular flexibility index (Phi) is 4.24. The third-order valence-electron chi connectivity index (χ3n) is 2.67. The van der Waals surface area contributed by atoms with Crippen LogP contribution in [0, 0.1) is 0 Å². The molecule has 2 aromatic rings. The highest BCUT2D eigenvalue weighted by molar-refractivity contribution is 5.85. The standard InChI is InChI=1S/C11H15N5O3/c1-19-4-2-3-7(11(17)18)16-10-8-9(13-5-12-8)14-6-15-10/h5-7H,2-4H2,1H3,(H,17,18)(H2,12,13,14,15,16). The highest BCUT2D eigenvalue weighted by atomic mass is 16.5. The van der Waals surface area contributed by atoms with Crippen molar-refractivity contribution >= 4 is 23.0 Å². The van der Waals surface area contributed by atoms with E-state index in [4.69, 9.17) is 4.74 Å². The number of carboxylic acids is 1. The molecular formula is C11H15N5O3. The van der Waals surface area contributed by atoms with Crippen LogP contribution in [0.4, 0.5) is 5.82 Å². The van der Waals surface area contributed by atoms with Gasteiger partial charge < -0.3 is 20.1 Å². The van der Waals surface area contributed by atoms with E-state index in [2.05, 4.69) is 25.3 Å². The van der Waals surface area contributed by atoms with Gasteiger partial charge in [-0.1, -0.05) is 0 Å². The molecule has 2 aromatic heterocycles. The molecule has 1 atom stereocenters. The number of aliphatic carboxylic acids is 1. The lowest BCUT2D eigenvalue weighted by Gasteiger charge is -2.14. The Morgan fingerprint density at radius 2 is 2.37 bits per heavy atom. The molecule has 19 heavy (non-hydrogen) atoms. The van der Waals surface area contributed by atoms with Gasteiger partial charge >= 0.3 is 5.97 Å². The Morgan fingerprint density at radius 3 is 3.11 bits per heavy atom. The van der Waals surface area contributed by atoms with Gasteiger partial charge in [-0.25, -0.2) is 19.7 Å². The van der Waals surface area contributed by atoms with Gasteiger partial charge in [0.1, 0.15) is 17.9 Å². The quantitative estimate of drug-likeness (QED) is 0.630. The lowest BCUT2D eigenvalue weighted by Crippen LogP contribution is -2.30. The van der Waals surface area contributed by atoms with Gasteiger partial charge in [-0.05, 0) is 12.8 Å². The first-order valence-corrected chi connectivity index (χ1v) is 5.84. The lowest BCUT2D eigenvalue weighted by molar-refractivity contribution is -0.138. The Morgan fingerprint density at radius 1 is 1.53 bits per heavy atom. The third-order valence-corrected chi connectivity index (χ3v) is 2.67. The van der Waals surface area contributed by atoms with Crippen molar-refractivity contribution < 1.29 is 14.6 Å². The number of carboxylic acid groups (broad SMARTS) is 1. The first-order chi connectivity index (χ1) is 9.22. The van der Waals surface area contributed by atoms with Crippen LogP contribution in [0.5, 0.6) is 0 Å². The zero-order valence-electron chi connectivity index (χ0n) is 10.5. The molecule has 1 unspecified atom stereocenters. The molecule has 0 saturated heterocycles. The van der Waals surface area contributed by atoms with E-state index in [1.807, 2.05) is 0 Å². The molecule has 102 valence electrons. The minimum Gasteiger partial charge on any atom is -0.480 e. The summed E-state index contributed by atoms with van der Waals surface area (Å²) in [6.45, 7) is 0.523. The summed E-state index contributed by atoms with van der Waals surface area (Å²) < 4.78 is 4.92. The average Bonchev–Trinajstić information content (AvgIpc) is 2.86. The first-order valence-electron chi connectivity index (χ1n) is 5.84. The van der Waals surface area contributed by atoms with E-state index < -0.39 is 12.0 Å². The predicted molar refractivity (Wildman–Crippen MR) is 67.8 cm³/mol. The van der Waals surface area contributed by atoms with Gasteiger partial charge in [0.15, 0.2) is 11.5 Å². The number of carbonyl (C=O) groups is 1. The van der Waals surface area contributed by atoms with Gasteiger partial charge in [0.2, 0.25) is 0 Å². The number of rotatable bonds is 7. The number of methoxy groups -OCH3 is 1. The number of nitrogens with one attached hydrogen (secondary N) is 2. The van der Waals surface area contributed by atoms with Crippen molar-refractivity contribution in [2.75, 3.05) is 19.0 Å². The molecule has 0 aliphatic carbocycles. The van der Waals surface area contributed by atoms with Gasteiger partial charge in [-0.2, -0.15) is 0 Å². The monoisotopic (exact) mass is 265 g/mol. The summed E-state index contributed by atoms with van der Waals surface area (Å²) in [6, 6.07) is -0.725. The zero-order chi connectivity index (χ0) is 13.7. The highest BCUT2D eigenvalue weighted by Crippen LogP contribution is 2.16. The number of H-pyrrole nitrogens is 1. The number of aromatic amines is 1. The maximum Gasteiger partial charge on any atom is 0.326 e. The van der Waals surface area contributed by atoms with Crippen LogP contribution in [0.15, 0.2) is 12.7 Å². The van der Waals surface area contributed by atoms with Gasteiger partial charge in [0.05, 0.1) is 6.33 Å². The van der Waals surface area contributed by atoms with Crippen LogP contribution in [-0.2, 0) is 9.53 Å². The number of hydrogen-bond acceptors (Lipinski definition) is 6. The minimum atomic E-state index is -0.928. The van der Waals surface area contributed by atoms with Crippen molar-refractivity contribution in [1.82, 2.24) is 19.9 Å². The van der Waals surface area contributed by atoms with Crippen LogP contribution in [0.3, 0.4) is 0 Å². The Labute approximate surface area is 109 Å². The largest absolute Gasteiger partial charge is 0.480 e. The number of imidazole rings is 1. The molecule has 0 spiro atoms. The molecule has 0 fully saturated rings. The molecule has 0 bridgehead atoms. The number of fused-ring (bicyclic) bond motifs is 1. The van der Waals surface area contributed by atoms with E-state index >= 15 is 0 Å². The van der Waals surface area contributed by atoms with Crippen LogP contribution in [0.1, 0.15) is 12.8 Å². The summed E-state index contributed by atoms with van der Waals surface area (Å²) in [5.41, 5.74) is 1.10. The van der Waals surface area contributed by atoms with Crippen molar-refractivity contribution in [3.63, 3.8) is 0 Å². The molecule has 2 rings (SSSR count). The van der Waals surface area contributed by atoms with Crippen molar-refractivity contribution in [2.24, 2.45) is 0 Å². The number of aromatic nitrogens is 4. The zero-order valence-corrected chi connectivity index (χ0v) is 10.5. The maximum absolute atomic E-state index is 11.2. The van der Waals surface area contributed by atoms with E-state index in [9.17, 15) is 9.90 Å². The molecule has 2 heterocycles. The Bertz CT molecular complexity index is 556. The molecule has 8 heteroatoms. The summed E-state index contributed by atoms with van der Waals surface area (Å²) >= 11 is 0. The van der Waals surface area contributed by atoms with Crippen LogP contribution in [0.25, 0.3) is 11.2 Å². The number of anilines is 1.